The molecule has 9 heteroatoms. The molecule has 1 aromatic heterocycles. The highest BCUT2D eigenvalue weighted by Gasteiger charge is 2.14. The minimum Gasteiger partial charge on any atom is -0.486 e. The number of amides is 1. The van der Waals surface area contributed by atoms with Crippen LogP contribution in [0.25, 0.3) is 0 Å². The van der Waals surface area contributed by atoms with Gasteiger partial charge in [0.25, 0.3) is 11.5 Å². The third-order valence-electron chi connectivity index (χ3n) is 2.96. The predicted molar refractivity (Wildman–Crippen MR) is 80.2 cm³/mol. The van der Waals surface area contributed by atoms with Gasteiger partial charge >= 0.3 is 5.69 Å². The summed E-state index contributed by atoms with van der Waals surface area (Å²) in [5.74, 6) is 0.606. The van der Waals surface area contributed by atoms with Gasteiger partial charge in [0.1, 0.15) is 13.2 Å². The van der Waals surface area contributed by atoms with Gasteiger partial charge in [-0.25, -0.2) is 10.2 Å². The third kappa shape index (κ3) is 3.46. The lowest BCUT2D eigenvalue weighted by atomic mass is 10.2. The number of hydrogen-bond acceptors (Lipinski definition) is 6. The average Bonchev–Trinajstić information content (AvgIpc) is 2.53. The van der Waals surface area contributed by atoms with Gasteiger partial charge in [-0.3, -0.25) is 14.6 Å². The van der Waals surface area contributed by atoms with Crippen LogP contribution < -0.4 is 26.1 Å². The molecule has 0 spiro atoms. The standard InChI is InChI=1S/C14H12N4O5/c19-12-6-9(16-14(21)17-12)7-15-18-13(20)8-1-2-10-11(5-8)23-4-3-22-10/h1-2,5-7H,3-4H2,(H,18,20)(H2,16,17,19,21). The molecular formula is C14H12N4O5. The lowest BCUT2D eigenvalue weighted by Crippen LogP contribution is -2.23. The molecule has 0 fully saturated rings. The van der Waals surface area contributed by atoms with Crippen LogP contribution in [0.3, 0.4) is 0 Å². The number of rotatable bonds is 3. The summed E-state index contributed by atoms with van der Waals surface area (Å²) in [6.45, 7) is 0.892. The van der Waals surface area contributed by atoms with E-state index < -0.39 is 17.2 Å². The molecule has 23 heavy (non-hydrogen) atoms. The van der Waals surface area contributed by atoms with Gasteiger partial charge in [-0.2, -0.15) is 5.10 Å². The van der Waals surface area contributed by atoms with Crippen molar-refractivity contribution in [1.29, 1.82) is 0 Å². The summed E-state index contributed by atoms with van der Waals surface area (Å²) in [7, 11) is 0. The van der Waals surface area contributed by atoms with Crippen LogP contribution in [-0.2, 0) is 0 Å². The highest BCUT2D eigenvalue weighted by Crippen LogP contribution is 2.30. The van der Waals surface area contributed by atoms with E-state index in [0.717, 1.165) is 12.3 Å². The van der Waals surface area contributed by atoms with E-state index in [1.165, 1.54) is 0 Å². The molecule has 3 rings (SSSR count). The van der Waals surface area contributed by atoms with Gasteiger partial charge in [-0.1, -0.05) is 0 Å². The fourth-order valence-electron chi connectivity index (χ4n) is 1.97. The first-order chi connectivity index (χ1) is 11.1. The van der Waals surface area contributed by atoms with E-state index in [1.807, 2.05) is 4.98 Å². The van der Waals surface area contributed by atoms with Crippen molar-refractivity contribution >= 4 is 12.1 Å². The van der Waals surface area contributed by atoms with Crippen LogP contribution in [0.15, 0.2) is 39.0 Å². The fraction of sp³-hybridized carbons (Fsp3) is 0.143. The van der Waals surface area contributed by atoms with Crippen molar-refractivity contribution in [1.82, 2.24) is 15.4 Å². The van der Waals surface area contributed by atoms with Crippen LogP contribution in [0, 0.1) is 0 Å². The molecule has 1 amide bonds. The maximum Gasteiger partial charge on any atom is 0.326 e. The van der Waals surface area contributed by atoms with E-state index in [4.69, 9.17) is 9.47 Å². The molecule has 0 aliphatic carbocycles. The fourth-order valence-corrected chi connectivity index (χ4v) is 1.97. The molecule has 1 aliphatic rings. The lowest BCUT2D eigenvalue weighted by molar-refractivity contribution is 0.0954. The van der Waals surface area contributed by atoms with Crippen molar-refractivity contribution < 1.29 is 14.3 Å². The topological polar surface area (TPSA) is 126 Å². The van der Waals surface area contributed by atoms with E-state index in [-0.39, 0.29) is 5.69 Å². The van der Waals surface area contributed by atoms with Crippen LogP contribution in [0.2, 0.25) is 0 Å². The van der Waals surface area contributed by atoms with Gasteiger partial charge in [-0.15, -0.1) is 0 Å². The molecule has 1 aromatic carbocycles. The Morgan fingerprint density at radius 3 is 2.70 bits per heavy atom. The predicted octanol–water partition coefficient (Wildman–Crippen LogP) is -0.402. The van der Waals surface area contributed by atoms with Crippen LogP contribution in [-0.4, -0.2) is 35.3 Å². The maximum absolute atomic E-state index is 12.0. The highest BCUT2D eigenvalue weighted by atomic mass is 16.6. The summed E-state index contributed by atoms with van der Waals surface area (Å²) in [5.41, 5.74) is 1.58. The number of ether oxygens (including phenoxy) is 2. The maximum atomic E-state index is 12.0. The number of carbonyl (C=O) groups is 1. The van der Waals surface area contributed by atoms with E-state index in [2.05, 4.69) is 15.5 Å². The van der Waals surface area contributed by atoms with Crippen molar-refractivity contribution in [3.63, 3.8) is 0 Å². The largest absolute Gasteiger partial charge is 0.486 e. The zero-order chi connectivity index (χ0) is 16.2. The number of fused-ring (bicyclic) bond motifs is 1. The van der Waals surface area contributed by atoms with Crippen molar-refractivity contribution in [2.75, 3.05) is 13.2 Å². The average molecular weight is 316 g/mol. The number of aromatic nitrogens is 2. The minimum absolute atomic E-state index is 0.168. The van der Waals surface area contributed by atoms with Gasteiger partial charge in [-0.05, 0) is 18.2 Å². The molecule has 9 nitrogen and oxygen atoms in total. The summed E-state index contributed by atoms with van der Waals surface area (Å²) in [4.78, 5) is 38.6. The van der Waals surface area contributed by atoms with E-state index in [0.29, 0.717) is 30.3 Å². The third-order valence-corrected chi connectivity index (χ3v) is 2.96. The Morgan fingerprint density at radius 1 is 1.13 bits per heavy atom. The molecule has 0 atom stereocenters. The summed E-state index contributed by atoms with van der Waals surface area (Å²) >= 11 is 0. The number of benzene rings is 1. The number of aromatic amines is 2. The summed E-state index contributed by atoms with van der Waals surface area (Å²) in [6.07, 6.45) is 1.16. The van der Waals surface area contributed by atoms with E-state index in [9.17, 15) is 14.4 Å². The molecule has 1 aliphatic heterocycles. The second kappa shape index (κ2) is 6.18. The van der Waals surface area contributed by atoms with Gasteiger partial charge < -0.3 is 14.5 Å². The molecule has 0 bridgehead atoms. The van der Waals surface area contributed by atoms with Gasteiger partial charge in [0.05, 0.1) is 11.9 Å². The Balaban J connectivity index is 1.70. The van der Waals surface area contributed by atoms with Crippen molar-refractivity contribution in [2.45, 2.75) is 0 Å². The summed E-state index contributed by atoms with van der Waals surface area (Å²) in [5, 5.41) is 3.69. The Morgan fingerprint density at radius 2 is 1.91 bits per heavy atom. The highest BCUT2D eigenvalue weighted by molar-refractivity contribution is 5.95. The first-order valence-electron chi connectivity index (χ1n) is 6.68. The number of nitrogens with one attached hydrogen (secondary N) is 3. The van der Waals surface area contributed by atoms with E-state index >= 15 is 0 Å². The first kappa shape index (κ1) is 14.6. The molecule has 0 saturated heterocycles. The second-order valence-corrected chi connectivity index (χ2v) is 4.60. The van der Waals surface area contributed by atoms with Crippen molar-refractivity contribution in [3.05, 3.63) is 56.4 Å². The Kier molecular flexibility index (Phi) is 3.91. The normalized spacial score (nSPS) is 13.0. The van der Waals surface area contributed by atoms with Crippen LogP contribution >= 0.6 is 0 Å². The molecule has 0 saturated carbocycles. The number of H-pyrrole nitrogens is 2. The Bertz CT molecular complexity index is 855. The molecule has 0 radical (unpaired) electrons. The Hall–Kier alpha value is -3.36. The first-order valence-corrected chi connectivity index (χ1v) is 6.68. The number of hydrazone groups is 1. The lowest BCUT2D eigenvalue weighted by Gasteiger charge is -2.18. The molecule has 3 N–H and O–H groups in total. The molecular weight excluding hydrogens is 304 g/mol. The SMILES string of the molecule is O=C(NN=Cc1cc(=O)[nH]c(=O)[nH]1)c1ccc2c(c1)OCCO2. The van der Waals surface area contributed by atoms with Crippen LogP contribution in [0.5, 0.6) is 11.5 Å². The summed E-state index contributed by atoms with van der Waals surface area (Å²) < 4.78 is 10.8. The number of hydrogen-bond donors (Lipinski definition) is 3. The molecule has 118 valence electrons. The molecule has 2 heterocycles. The number of nitrogens with zero attached hydrogens (tertiary/aromatic N) is 1. The number of carbonyl (C=O) groups excluding carboxylic acids is 1. The second-order valence-electron chi connectivity index (χ2n) is 4.60. The quantitative estimate of drug-likeness (QED) is 0.524. The monoisotopic (exact) mass is 316 g/mol. The summed E-state index contributed by atoms with van der Waals surface area (Å²) in [6, 6.07) is 5.91. The smallest absolute Gasteiger partial charge is 0.326 e. The van der Waals surface area contributed by atoms with Crippen molar-refractivity contribution in [3.8, 4) is 11.5 Å². The van der Waals surface area contributed by atoms with Gasteiger partial charge in [0.15, 0.2) is 11.5 Å². The van der Waals surface area contributed by atoms with Crippen LogP contribution in [0.1, 0.15) is 16.1 Å². The zero-order valence-corrected chi connectivity index (χ0v) is 11.8. The Labute approximate surface area is 129 Å². The van der Waals surface area contributed by atoms with E-state index in [1.54, 1.807) is 18.2 Å². The van der Waals surface area contributed by atoms with Crippen molar-refractivity contribution in [2.24, 2.45) is 5.10 Å². The molecule has 0 unspecified atom stereocenters. The molecule has 2 aromatic rings. The van der Waals surface area contributed by atoms with Crippen LogP contribution in [0.4, 0.5) is 0 Å². The van der Waals surface area contributed by atoms with Gasteiger partial charge in [0.2, 0.25) is 0 Å². The van der Waals surface area contributed by atoms with Gasteiger partial charge in [0, 0.05) is 11.6 Å². The minimum atomic E-state index is -0.655. The zero-order valence-electron chi connectivity index (χ0n) is 11.8.